The van der Waals surface area contributed by atoms with Crippen LogP contribution in [0.4, 0.5) is 8.78 Å². The van der Waals surface area contributed by atoms with Gasteiger partial charge in [-0.15, -0.1) is 11.6 Å². The Labute approximate surface area is 119 Å². The molecule has 0 aliphatic heterocycles. The highest BCUT2D eigenvalue weighted by atomic mass is 35.5. The smallest absolute Gasteiger partial charge is 0.235 e. The number of rotatable bonds is 4. The summed E-state index contributed by atoms with van der Waals surface area (Å²) in [4.78, 5) is 15.6. The Kier molecular flexibility index (Phi) is 4.34. The predicted octanol–water partition coefficient (Wildman–Crippen LogP) is 2.14. The Morgan fingerprint density at radius 2 is 2.25 bits per heavy atom. The van der Waals surface area contributed by atoms with Gasteiger partial charge >= 0.3 is 0 Å². The molecule has 2 rings (SSSR count). The van der Waals surface area contributed by atoms with Crippen molar-refractivity contribution in [1.29, 1.82) is 0 Å². The lowest BCUT2D eigenvalue weighted by atomic mass is 10.1. The summed E-state index contributed by atoms with van der Waals surface area (Å²) in [7, 11) is 1.71. The van der Waals surface area contributed by atoms with Gasteiger partial charge in [-0.1, -0.05) is 6.07 Å². The van der Waals surface area contributed by atoms with E-state index in [4.69, 9.17) is 11.6 Å². The van der Waals surface area contributed by atoms with Gasteiger partial charge in [0.15, 0.2) is 0 Å². The molecule has 0 aliphatic carbocycles. The summed E-state index contributed by atoms with van der Waals surface area (Å²) in [6.45, 7) is 0. The van der Waals surface area contributed by atoms with E-state index in [2.05, 4.69) is 10.3 Å². The molecule has 0 fully saturated rings. The van der Waals surface area contributed by atoms with Crippen LogP contribution in [0, 0.1) is 11.6 Å². The number of carbonyl (C=O) groups excluding carboxylic acids is 1. The molecule has 106 valence electrons. The highest BCUT2D eigenvalue weighted by molar-refractivity contribution is 6.27. The molecule has 7 heteroatoms. The fourth-order valence-electron chi connectivity index (χ4n) is 1.87. The largest absolute Gasteiger partial charge is 0.341 e. The van der Waals surface area contributed by atoms with Crippen LogP contribution in [-0.2, 0) is 11.8 Å². The number of nitrogens with zero attached hydrogens (tertiary/aromatic N) is 2. The third-order valence-electron chi connectivity index (χ3n) is 2.82. The van der Waals surface area contributed by atoms with Crippen LogP contribution >= 0.6 is 11.6 Å². The minimum Gasteiger partial charge on any atom is -0.341 e. The van der Waals surface area contributed by atoms with E-state index in [1.54, 1.807) is 17.8 Å². The number of benzene rings is 1. The topological polar surface area (TPSA) is 46.9 Å². The number of hydrogen-bond donors (Lipinski definition) is 1. The summed E-state index contributed by atoms with van der Waals surface area (Å²) < 4.78 is 28.6. The molecule has 0 radical (unpaired) electrons. The second-order valence-corrected chi connectivity index (χ2v) is 4.46. The van der Waals surface area contributed by atoms with Crippen LogP contribution in [-0.4, -0.2) is 21.3 Å². The van der Waals surface area contributed by atoms with Gasteiger partial charge in [-0.3, -0.25) is 4.79 Å². The summed E-state index contributed by atoms with van der Waals surface area (Å²) in [5.41, 5.74) is 0.124. The Bertz CT molecular complexity index is 630. The number of hydrogen-bond acceptors (Lipinski definition) is 2. The van der Waals surface area contributed by atoms with Crippen molar-refractivity contribution >= 4 is 17.5 Å². The number of aromatic nitrogens is 2. The maximum atomic E-state index is 13.9. The monoisotopic (exact) mass is 299 g/mol. The first-order chi connectivity index (χ1) is 9.52. The van der Waals surface area contributed by atoms with Gasteiger partial charge in [0.05, 0.1) is 0 Å². The van der Waals surface area contributed by atoms with Crippen molar-refractivity contribution in [2.75, 3.05) is 5.88 Å². The van der Waals surface area contributed by atoms with Crippen LogP contribution in [0.2, 0.25) is 0 Å². The van der Waals surface area contributed by atoms with Gasteiger partial charge in [-0.25, -0.2) is 13.8 Å². The van der Waals surface area contributed by atoms with Crippen molar-refractivity contribution in [3.05, 3.63) is 53.6 Å². The lowest BCUT2D eigenvalue weighted by molar-refractivity contribution is -0.119. The quantitative estimate of drug-likeness (QED) is 0.879. The van der Waals surface area contributed by atoms with Gasteiger partial charge in [-0.2, -0.15) is 0 Å². The second-order valence-electron chi connectivity index (χ2n) is 4.20. The molecule has 1 unspecified atom stereocenters. The van der Waals surface area contributed by atoms with Gasteiger partial charge in [0.1, 0.15) is 29.4 Å². The van der Waals surface area contributed by atoms with E-state index in [1.165, 1.54) is 12.3 Å². The molecule has 1 atom stereocenters. The van der Waals surface area contributed by atoms with Gasteiger partial charge in [0.2, 0.25) is 5.91 Å². The molecule has 1 aromatic heterocycles. The lowest BCUT2D eigenvalue weighted by Crippen LogP contribution is -2.32. The molecule has 0 saturated carbocycles. The van der Waals surface area contributed by atoms with Crippen molar-refractivity contribution in [3.63, 3.8) is 0 Å². The average Bonchev–Trinajstić information content (AvgIpc) is 2.82. The van der Waals surface area contributed by atoms with Crippen molar-refractivity contribution in [3.8, 4) is 0 Å². The van der Waals surface area contributed by atoms with Gasteiger partial charge in [0.25, 0.3) is 0 Å². The predicted molar refractivity (Wildman–Crippen MR) is 70.3 cm³/mol. The van der Waals surface area contributed by atoms with E-state index < -0.39 is 23.6 Å². The number of aryl methyl sites for hydroxylation is 1. The minimum atomic E-state index is -0.832. The zero-order valence-electron chi connectivity index (χ0n) is 10.6. The van der Waals surface area contributed by atoms with Crippen LogP contribution in [0.15, 0.2) is 30.6 Å². The Morgan fingerprint density at radius 1 is 1.50 bits per heavy atom. The number of imidazole rings is 1. The molecule has 1 amide bonds. The Balaban J connectivity index is 2.46. The van der Waals surface area contributed by atoms with Gasteiger partial charge in [0, 0.05) is 31.1 Å². The van der Waals surface area contributed by atoms with E-state index in [-0.39, 0.29) is 11.4 Å². The molecule has 20 heavy (non-hydrogen) atoms. The molecule has 0 aliphatic rings. The Hall–Kier alpha value is -1.95. The molecule has 0 spiro atoms. The molecular formula is C13H12ClF2N3O. The Morgan fingerprint density at radius 3 is 2.80 bits per heavy atom. The molecule has 0 bridgehead atoms. The number of halogens is 3. The summed E-state index contributed by atoms with van der Waals surface area (Å²) in [5.74, 6) is -1.75. The first-order valence-electron chi connectivity index (χ1n) is 5.80. The first kappa shape index (κ1) is 14.5. The van der Waals surface area contributed by atoms with Crippen molar-refractivity contribution < 1.29 is 13.6 Å². The van der Waals surface area contributed by atoms with Crippen LogP contribution in [0.25, 0.3) is 0 Å². The molecule has 4 nitrogen and oxygen atoms in total. The summed E-state index contributed by atoms with van der Waals surface area (Å²) in [5, 5.41) is 2.57. The zero-order valence-corrected chi connectivity index (χ0v) is 11.4. The van der Waals surface area contributed by atoms with Crippen molar-refractivity contribution in [1.82, 2.24) is 14.9 Å². The lowest BCUT2D eigenvalue weighted by Gasteiger charge is -2.19. The number of amides is 1. The summed E-state index contributed by atoms with van der Waals surface area (Å²) in [6, 6.07) is 2.33. The van der Waals surface area contributed by atoms with Crippen LogP contribution in [0.5, 0.6) is 0 Å². The van der Waals surface area contributed by atoms with Gasteiger partial charge < -0.3 is 9.88 Å². The summed E-state index contributed by atoms with van der Waals surface area (Å²) in [6.07, 6.45) is 3.19. The fourth-order valence-corrected chi connectivity index (χ4v) is 1.95. The number of alkyl halides is 1. The normalized spacial score (nSPS) is 12.2. The molecule has 1 aromatic carbocycles. The minimum absolute atomic E-state index is 0.124. The average molecular weight is 300 g/mol. The highest BCUT2D eigenvalue weighted by Crippen LogP contribution is 2.23. The fraction of sp³-hybridized carbons (Fsp3) is 0.231. The number of nitrogens with one attached hydrogen (secondary N) is 1. The van der Waals surface area contributed by atoms with Crippen LogP contribution in [0.1, 0.15) is 17.4 Å². The summed E-state index contributed by atoms with van der Waals surface area (Å²) >= 11 is 5.46. The first-order valence-corrected chi connectivity index (χ1v) is 6.34. The molecule has 1 heterocycles. The third-order valence-corrected chi connectivity index (χ3v) is 3.06. The third kappa shape index (κ3) is 2.96. The second kappa shape index (κ2) is 6.00. The maximum absolute atomic E-state index is 13.9. The van der Waals surface area contributed by atoms with E-state index in [1.807, 2.05) is 0 Å². The van der Waals surface area contributed by atoms with E-state index in [0.717, 1.165) is 12.1 Å². The SMILES string of the molecule is Cn1ccnc1C(NC(=O)CCl)c1ccc(F)cc1F. The highest BCUT2D eigenvalue weighted by Gasteiger charge is 2.23. The van der Waals surface area contributed by atoms with Crippen LogP contribution < -0.4 is 5.32 Å². The van der Waals surface area contributed by atoms with Gasteiger partial charge in [-0.05, 0) is 6.07 Å². The molecule has 2 aromatic rings. The standard InChI is InChI=1S/C13H12ClF2N3O/c1-19-5-4-17-13(19)12(18-11(20)7-14)9-3-2-8(15)6-10(9)16/h2-6,12H,7H2,1H3,(H,18,20). The number of carbonyl (C=O) groups is 1. The molecule has 0 saturated heterocycles. The molecule has 1 N–H and O–H groups in total. The zero-order chi connectivity index (χ0) is 14.7. The van der Waals surface area contributed by atoms with Crippen molar-refractivity contribution in [2.24, 2.45) is 7.05 Å². The molecular weight excluding hydrogens is 288 g/mol. The van der Waals surface area contributed by atoms with E-state index in [9.17, 15) is 13.6 Å². The van der Waals surface area contributed by atoms with E-state index in [0.29, 0.717) is 5.82 Å². The van der Waals surface area contributed by atoms with E-state index >= 15 is 0 Å². The van der Waals surface area contributed by atoms with Crippen molar-refractivity contribution in [2.45, 2.75) is 6.04 Å². The maximum Gasteiger partial charge on any atom is 0.235 e. The van der Waals surface area contributed by atoms with Crippen LogP contribution in [0.3, 0.4) is 0 Å².